The van der Waals surface area contributed by atoms with Crippen LogP contribution in [0.1, 0.15) is 31.9 Å². The number of hydrogen-bond acceptors (Lipinski definition) is 4. The highest BCUT2D eigenvalue weighted by Crippen LogP contribution is 2.23. The van der Waals surface area contributed by atoms with Crippen LogP contribution in [0, 0.1) is 0 Å². The van der Waals surface area contributed by atoms with Crippen molar-refractivity contribution in [2.45, 2.75) is 32.4 Å². The molecule has 0 aliphatic heterocycles. The van der Waals surface area contributed by atoms with Gasteiger partial charge in [0.2, 0.25) is 5.91 Å². The van der Waals surface area contributed by atoms with Gasteiger partial charge < -0.3 is 11.1 Å². The van der Waals surface area contributed by atoms with Gasteiger partial charge in [-0.25, -0.2) is 0 Å². The maximum absolute atomic E-state index is 11.6. The number of nitrogens with zero attached hydrogens (tertiary/aromatic N) is 2. The molecule has 1 amide bonds. The topological polar surface area (TPSA) is 71.2 Å². The summed E-state index contributed by atoms with van der Waals surface area (Å²) in [6.07, 6.45) is 4.49. The lowest BCUT2D eigenvalue weighted by Crippen LogP contribution is -2.44. The Kier molecular flexibility index (Phi) is 6.45. The van der Waals surface area contributed by atoms with Crippen molar-refractivity contribution in [1.82, 2.24) is 15.2 Å². The minimum atomic E-state index is -0.0568. The maximum Gasteiger partial charge on any atom is 0.233 e. The zero-order valence-electron chi connectivity index (χ0n) is 12.0. The molecule has 0 aliphatic rings. The van der Waals surface area contributed by atoms with Crippen molar-refractivity contribution in [1.29, 1.82) is 0 Å². The maximum atomic E-state index is 11.6. The number of pyridine rings is 1. The smallest absolute Gasteiger partial charge is 0.233 e. The van der Waals surface area contributed by atoms with Gasteiger partial charge in [-0.05, 0) is 37.6 Å². The van der Waals surface area contributed by atoms with E-state index in [1.54, 1.807) is 19.4 Å². The van der Waals surface area contributed by atoms with Gasteiger partial charge in [-0.3, -0.25) is 14.7 Å². The number of aromatic nitrogens is 1. The molecule has 0 saturated carbocycles. The fourth-order valence-electron chi connectivity index (χ4n) is 2.27. The zero-order valence-corrected chi connectivity index (χ0v) is 12.0. The summed E-state index contributed by atoms with van der Waals surface area (Å²) in [7, 11) is 1.65. The van der Waals surface area contributed by atoms with Crippen molar-refractivity contribution in [3.8, 4) is 0 Å². The van der Waals surface area contributed by atoms with Gasteiger partial charge in [-0.1, -0.05) is 6.92 Å². The van der Waals surface area contributed by atoms with Gasteiger partial charge in [-0.15, -0.1) is 0 Å². The van der Waals surface area contributed by atoms with E-state index in [0.717, 1.165) is 18.5 Å². The molecule has 0 saturated heterocycles. The second-order valence-corrected chi connectivity index (χ2v) is 4.73. The van der Waals surface area contributed by atoms with E-state index in [0.29, 0.717) is 6.54 Å². The van der Waals surface area contributed by atoms with E-state index >= 15 is 0 Å². The van der Waals surface area contributed by atoms with Crippen molar-refractivity contribution < 1.29 is 4.79 Å². The highest BCUT2D eigenvalue weighted by atomic mass is 16.1. The minimum absolute atomic E-state index is 0.00755. The Balaban J connectivity index is 2.95. The molecule has 1 aromatic rings. The molecule has 0 spiro atoms. The average molecular weight is 264 g/mol. The minimum Gasteiger partial charge on any atom is -0.358 e. The largest absolute Gasteiger partial charge is 0.358 e. The molecule has 5 nitrogen and oxygen atoms in total. The first-order chi connectivity index (χ1) is 9.10. The Labute approximate surface area is 115 Å². The second kappa shape index (κ2) is 7.86. The number of likely N-dealkylation sites (N-methyl/N-ethyl adjacent to an activating group) is 1. The van der Waals surface area contributed by atoms with Crippen LogP contribution in [0.5, 0.6) is 0 Å². The Morgan fingerprint density at radius 1 is 1.47 bits per heavy atom. The molecule has 1 heterocycles. The number of nitrogens with two attached hydrogens (primary N) is 1. The number of carbonyl (C=O) groups excluding carboxylic acids is 1. The van der Waals surface area contributed by atoms with Crippen LogP contribution in [0.2, 0.25) is 0 Å². The summed E-state index contributed by atoms with van der Waals surface area (Å²) in [5.74, 6) is 0.00755. The summed E-state index contributed by atoms with van der Waals surface area (Å²) in [5, 5.41) is 2.67. The Hall–Kier alpha value is -1.46. The van der Waals surface area contributed by atoms with Crippen molar-refractivity contribution in [2.24, 2.45) is 5.73 Å². The van der Waals surface area contributed by atoms with Crippen LogP contribution < -0.4 is 11.1 Å². The number of hydrogen-bond donors (Lipinski definition) is 2. The van der Waals surface area contributed by atoms with Gasteiger partial charge in [0.25, 0.3) is 0 Å². The van der Waals surface area contributed by atoms with Crippen LogP contribution in [0.25, 0.3) is 0 Å². The summed E-state index contributed by atoms with van der Waals surface area (Å²) >= 11 is 0. The molecule has 5 heteroatoms. The van der Waals surface area contributed by atoms with Gasteiger partial charge in [-0.2, -0.15) is 0 Å². The highest BCUT2D eigenvalue weighted by Gasteiger charge is 2.24. The van der Waals surface area contributed by atoms with Crippen molar-refractivity contribution in [2.75, 3.05) is 20.1 Å². The third kappa shape index (κ3) is 4.61. The van der Waals surface area contributed by atoms with Crippen LogP contribution in [0.3, 0.4) is 0 Å². The zero-order chi connectivity index (χ0) is 14.3. The van der Waals surface area contributed by atoms with E-state index in [9.17, 15) is 4.79 Å². The van der Waals surface area contributed by atoms with Gasteiger partial charge in [0.15, 0.2) is 0 Å². The van der Waals surface area contributed by atoms with Crippen molar-refractivity contribution in [3.05, 3.63) is 30.1 Å². The second-order valence-electron chi connectivity index (χ2n) is 4.73. The molecule has 1 aromatic heterocycles. The summed E-state index contributed by atoms with van der Waals surface area (Å²) in [6.45, 7) is 5.26. The summed E-state index contributed by atoms with van der Waals surface area (Å²) in [5.41, 5.74) is 7.22. The van der Waals surface area contributed by atoms with E-state index in [1.165, 1.54) is 0 Å². The first-order valence-corrected chi connectivity index (χ1v) is 6.70. The SMILES string of the molecule is CCCN(CC(=O)NC)C(c1ccncc1)C(C)N. The van der Waals surface area contributed by atoms with E-state index in [2.05, 4.69) is 22.1 Å². The molecular formula is C14H24N4O. The van der Waals surface area contributed by atoms with E-state index < -0.39 is 0 Å². The predicted molar refractivity (Wildman–Crippen MR) is 76.6 cm³/mol. The molecule has 19 heavy (non-hydrogen) atoms. The molecule has 3 N–H and O–H groups in total. The Morgan fingerprint density at radius 3 is 2.58 bits per heavy atom. The molecule has 0 aromatic carbocycles. The van der Waals surface area contributed by atoms with Crippen LogP contribution in [0.4, 0.5) is 0 Å². The average Bonchev–Trinajstić information content (AvgIpc) is 2.39. The quantitative estimate of drug-likeness (QED) is 0.768. The fraction of sp³-hybridized carbons (Fsp3) is 0.571. The third-order valence-corrected chi connectivity index (χ3v) is 3.08. The summed E-state index contributed by atoms with van der Waals surface area (Å²) < 4.78 is 0. The van der Waals surface area contributed by atoms with E-state index in [4.69, 9.17) is 5.73 Å². The molecule has 0 bridgehead atoms. The summed E-state index contributed by atoms with van der Waals surface area (Å²) in [4.78, 5) is 17.8. The van der Waals surface area contributed by atoms with Gasteiger partial charge in [0, 0.05) is 25.5 Å². The number of amides is 1. The van der Waals surface area contributed by atoms with Crippen LogP contribution in [0.15, 0.2) is 24.5 Å². The molecule has 0 fully saturated rings. The van der Waals surface area contributed by atoms with E-state index in [1.807, 2.05) is 19.1 Å². The van der Waals surface area contributed by atoms with Crippen molar-refractivity contribution in [3.63, 3.8) is 0 Å². The normalized spacial score (nSPS) is 14.2. The standard InChI is InChI=1S/C14H24N4O/c1-4-9-18(10-13(19)16-3)14(11(2)15)12-5-7-17-8-6-12/h5-8,11,14H,4,9-10,15H2,1-3H3,(H,16,19). The first kappa shape index (κ1) is 15.6. The molecule has 0 radical (unpaired) electrons. The lowest BCUT2D eigenvalue weighted by molar-refractivity contribution is -0.122. The molecule has 1 rings (SSSR count). The number of carbonyl (C=O) groups is 1. The molecular weight excluding hydrogens is 240 g/mol. The highest BCUT2D eigenvalue weighted by molar-refractivity contribution is 5.77. The lowest BCUT2D eigenvalue weighted by Gasteiger charge is -2.33. The lowest BCUT2D eigenvalue weighted by atomic mass is 10.00. The Bertz CT molecular complexity index is 380. The van der Waals surface area contributed by atoms with Crippen LogP contribution >= 0.6 is 0 Å². The fourth-order valence-corrected chi connectivity index (χ4v) is 2.27. The van der Waals surface area contributed by atoms with Gasteiger partial charge in [0.1, 0.15) is 0 Å². The van der Waals surface area contributed by atoms with E-state index in [-0.39, 0.29) is 18.0 Å². The third-order valence-electron chi connectivity index (χ3n) is 3.08. The number of rotatable bonds is 7. The van der Waals surface area contributed by atoms with Crippen LogP contribution in [-0.2, 0) is 4.79 Å². The number of nitrogens with one attached hydrogen (secondary N) is 1. The summed E-state index contributed by atoms with van der Waals surface area (Å²) in [6, 6.07) is 3.89. The van der Waals surface area contributed by atoms with Crippen LogP contribution in [-0.4, -0.2) is 42.0 Å². The molecule has 0 aliphatic carbocycles. The van der Waals surface area contributed by atoms with Gasteiger partial charge in [0.05, 0.1) is 12.6 Å². The monoisotopic (exact) mass is 264 g/mol. The molecule has 2 unspecified atom stereocenters. The molecule has 106 valence electrons. The Morgan fingerprint density at radius 2 is 2.11 bits per heavy atom. The molecule has 2 atom stereocenters. The first-order valence-electron chi connectivity index (χ1n) is 6.70. The van der Waals surface area contributed by atoms with Gasteiger partial charge >= 0.3 is 0 Å². The van der Waals surface area contributed by atoms with Crippen molar-refractivity contribution >= 4 is 5.91 Å². The predicted octanol–water partition coefficient (Wildman–Crippen LogP) is 0.928.